The Morgan fingerprint density at radius 1 is 0.800 bits per heavy atom. The molecule has 0 amide bonds. The van der Waals surface area contributed by atoms with Crippen molar-refractivity contribution in [3.8, 4) is 5.75 Å². The Labute approximate surface area is 183 Å². The van der Waals surface area contributed by atoms with E-state index >= 15 is 0 Å². The summed E-state index contributed by atoms with van der Waals surface area (Å²) in [6, 6.07) is 7.45. The maximum absolute atomic E-state index is 12.9. The Bertz CT molecular complexity index is 619. The Hall–Kier alpha value is -1.84. The van der Waals surface area contributed by atoms with Gasteiger partial charge >= 0.3 is 11.9 Å². The lowest BCUT2D eigenvalue weighted by atomic mass is 9.82. The summed E-state index contributed by atoms with van der Waals surface area (Å²) < 4.78 is 11.1. The molecule has 170 valence electrons. The second-order valence-electron chi connectivity index (χ2n) is 8.14. The van der Waals surface area contributed by atoms with Crippen LogP contribution in [-0.2, 0) is 20.7 Å². The molecule has 0 fully saturated rings. The highest BCUT2D eigenvalue weighted by atomic mass is 16.6. The van der Waals surface area contributed by atoms with Gasteiger partial charge in [-0.15, -0.1) is 0 Å². The average Bonchev–Trinajstić information content (AvgIpc) is 2.76. The van der Waals surface area contributed by atoms with Gasteiger partial charge in [-0.2, -0.15) is 0 Å². The van der Waals surface area contributed by atoms with Gasteiger partial charge in [-0.25, -0.2) is 0 Å². The van der Waals surface area contributed by atoms with E-state index in [0.29, 0.717) is 25.2 Å². The van der Waals surface area contributed by atoms with Gasteiger partial charge in [-0.1, -0.05) is 91.2 Å². The number of carbonyl (C=O) groups is 2. The minimum absolute atomic E-state index is 0.367. The molecule has 1 aromatic carbocycles. The van der Waals surface area contributed by atoms with Crippen LogP contribution < -0.4 is 4.74 Å². The van der Waals surface area contributed by atoms with Gasteiger partial charge in [0.25, 0.3) is 0 Å². The lowest BCUT2D eigenvalue weighted by Crippen LogP contribution is -2.42. The van der Waals surface area contributed by atoms with Crippen LogP contribution in [-0.4, -0.2) is 18.5 Å². The summed E-state index contributed by atoms with van der Waals surface area (Å²) in [5.74, 6) is -0.487. The van der Waals surface area contributed by atoms with Crippen LogP contribution >= 0.6 is 0 Å². The van der Waals surface area contributed by atoms with Crippen molar-refractivity contribution >= 4 is 11.9 Å². The van der Waals surface area contributed by atoms with E-state index in [1.54, 1.807) is 6.07 Å². The Kier molecular flexibility index (Phi) is 13.1. The summed E-state index contributed by atoms with van der Waals surface area (Å²) in [7, 11) is 0. The summed E-state index contributed by atoms with van der Waals surface area (Å²) in [5, 5.41) is 0. The van der Waals surface area contributed by atoms with Crippen molar-refractivity contribution in [2.75, 3.05) is 6.61 Å². The molecule has 1 aromatic rings. The molecular formula is C26H42O4. The zero-order valence-corrected chi connectivity index (χ0v) is 19.6. The molecule has 0 bridgehead atoms. The van der Waals surface area contributed by atoms with E-state index in [1.807, 2.05) is 39.0 Å². The van der Waals surface area contributed by atoms with Gasteiger partial charge in [0.1, 0.15) is 5.75 Å². The van der Waals surface area contributed by atoms with Crippen LogP contribution in [0.1, 0.15) is 104 Å². The fourth-order valence-corrected chi connectivity index (χ4v) is 3.66. The van der Waals surface area contributed by atoms with Crippen molar-refractivity contribution < 1.29 is 19.1 Å². The number of esters is 2. The molecule has 4 nitrogen and oxygen atoms in total. The quantitative estimate of drug-likeness (QED) is 0.125. The first-order valence-corrected chi connectivity index (χ1v) is 12.0. The third-order valence-corrected chi connectivity index (χ3v) is 5.99. The molecule has 0 saturated carbocycles. The van der Waals surface area contributed by atoms with Gasteiger partial charge in [0.05, 0.1) is 6.61 Å². The molecule has 30 heavy (non-hydrogen) atoms. The highest BCUT2D eigenvalue weighted by Crippen LogP contribution is 2.31. The van der Waals surface area contributed by atoms with Crippen LogP contribution in [0.15, 0.2) is 24.3 Å². The number of hydrogen-bond acceptors (Lipinski definition) is 4. The van der Waals surface area contributed by atoms with Crippen LogP contribution in [0.3, 0.4) is 0 Å². The normalized spacial score (nSPS) is 11.3. The molecule has 1 rings (SSSR count). The standard InChI is InChI=1S/C26H42O4/c1-5-9-10-11-12-13-14-15-16-20-29-24(27)26(7-3,8-4)25(28)30-23-19-17-18-22(6-2)21-23/h17-19,21H,5-16,20H2,1-4H3. The predicted molar refractivity (Wildman–Crippen MR) is 123 cm³/mol. The Balaban J connectivity index is 2.45. The highest BCUT2D eigenvalue weighted by Gasteiger charge is 2.46. The zero-order valence-electron chi connectivity index (χ0n) is 19.6. The number of aryl methyl sites for hydroxylation is 1. The van der Waals surface area contributed by atoms with E-state index < -0.39 is 17.4 Å². The van der Waals surface area contributed by atoms with E-state index in [2.05, 4.69) is 6.92 Å². The van der Waals surface area contributed by atoms with Crippen molar-refractivity contribution in [3.05, 3.63) is 29.8 Å². The summed E-state index contributed by atoms with van der Waals surface area (Å²) >= 11 is 0. The number of rotatable bonds is 16. The third-order valence-electron chi connectivity index (χ3n) is 5.99. The summed E-state index contributed by atoms with van der Waals surface area (Å²) in [4.78, 5) is 25.7. The lowest BCUT2D eigenvalue weighted by molar-refractivity contribution is -0.168. The minimum Gasteiger partial charge on any atom is -0.465 e. The van der Waals surface area contributed by atoms with Crippen LogP contribution in [0.4, 0.5) is 0 Å². The van der Waals surface area contributed by atoms with Gasteiger partial charge < -0.3 is 9.47 Å². The number of unbranched alkanes of at least 4 members (excludes halogenated alkanes) is 8. The van der Waals surface area contributed by atoms with Crippen molar-refractivity contribution in [2.45, 2.75) is 105 Å². The Morgan fingerprint density at radius 2 is 1.40 bits per heavy atom. The van der Waals surface area contributed by atoms with Crippen LogP contribution in [0, 0.1) is 5.41 Å². The number of benzene rings is 1. The van der Waals surface area contributed by atoms with E-state index in [1.165, 1.54) is 44.9 Å². The molecule has 0 radical (unpaired) electrons. The van der Waals surface area contributed by atoms with Crippen molar-refractivity contribution in [3.63, 3.8) is 0 Å². The van der Waals surface area contributed by atoms with Crippen LogP contribution in [0.5, 0.6) is 5.75 Å². The number of carbonyl (C=O) groups excluding carboxylic acids is 2. The monoisotopic (exact) mass is 418 g/mol. The zero-order chi connectivity index (χ0) is 22.2. The molecule has 0 aliphatic rings. The molecule has 0 spiro atoms. The SMILES string of the molecule is CCCCCCCCCCCOC(=O)C(CC)(CC)C(=O)Oc1cccc(CC)c1. The smallest absolute Gasteiger partial charge is 0.328 e. The van der Waals surface area contributed by atoms with E-state index in [0.717, 1.165) is 24.8 Å². The van der Waals surface area contributed by atoms with E-state index in [-0.39, 0.29) is 0 Å². The first-order valence-electron chi connectivity index (χ1n) is 12.0. The molecule has 0 aliphatic carbocycles. The molecule has 0 N–H and O–H groups in total. The molecule has 0 saturated heterocycles. The van der Waals surface area contributed by atoms with Gasteiger partial charge in [0.2, 0.25) is 0 Å². The number of hydrogen-bond donors (Lipinski definition) is 0. The molecule has 0 unspecified atom stereocenters. The first kappa shape index (κ1) is 26.2. The molecule has 0 aliphatic heterocycles. The topological polar surface area (TPSA) is 52.6 Å². The summed E-state index contributed by atoms with van der Waals surface area (Å²) in [6.07, 6.45) is 12.5. The molecule has 0 aromatic heterocycles. The maximum atomic E-state index is 12.9. The van der Waals surface area contributed by atoms with Crippen molar-refractivity contribution in [2.24, 2.45) is 5.41 Å². The highest BCUT2D eigenvalue weighted by molar-refractivity contribution is 6.00. The van der Waals surface area contributed by atoms with E-state index in [9.17, 15) is 9.59 Å². The second-order valence-corrected chi connectivity index (χ2v) is 8.14. The van der Waals surface area contributed by atoms with Crippen LogP contribution in [0.2, 0.25) is 0 Å². The molecular weight excluding hydrogens is 376 g/mol. The Morgan fingerprint density at radius 3 is 1.97 bits per heavy atom. The van der Waals surface area contributed by atoms with Gasteiger partial charge in [-0.3, -0.25) is 9.59 Å². The third kappa shape index (κ3) is 8.49. The first-order chi connectivity index (χ1) is 14.5. The molecule has 0 heterocycles. The minimum atomic E-state index is -1.23. The van der Waals surface area contributed by atoms with Gasteiger partial charge in [0, 0.05) is 0 Å². The van der Waals surface area contributed by atoms with Gasteiger partial charge in [0.15, 0.2) is 5.41 Å². The lowest BCUT2D eigenvalue weighted by Gasteiger charge is -2.26. The fraction of sp³-hybridized carbons (Fsp3) is 0.692. The maximum Gasteiger partial charge on any atom is 0.328 e. The van der Waals surface area contributed by atoms with Crippen molar-refractivity contribution in [1.82, 2.24) is 0 Å². The van der Waals surface area contributed by atoms with E-state index in [4.69, 9.17) is 9.47 Å². The average molecular weight is 419 g/mol. The number of ether oxygens (including phenoxy) is 2. The van der Waals surface area contributed by atoms with Gasteiger partial charge in [-0.05, 0) is 43.4 Å². The predicted octanol–water partition coefficient (Wildman–Crippen LogP) is 7.03. The summed E-state index contributed by atoms with van der Waals surface area (Å²) in [5.41, 5.74) is -0.145. The van der Waals surface area contributed by atoms with Crippen molar-refractivity contribution in [1.29, 1.82) is 0 Å². The molecule has 4 heteroatoms. The van der Waals surface area contributed by atoms with Crippen LogP contribution in [0.25, 0.3) is 0 Å². The molecule has 0 atom stereocenters. The largest absolute Gasteiger partial charge is 0.465 e. The second kappa shape index (κ2) is 15.0. The fourth-order valence-electron chi connectivity index (χ4n) is 3.66. The summed E-state index contributed by atoms with van der Waals surface area (Å²) in [6.45, 7) is 8.33.